The maximum absolute atomic E-state index is 12.2. The number of hydrogen-bond acceptors (Lipinski definition) is 5. The van der Waals surface area contributed by atoms with Gasteiger partial charge >= 0.3 is 0 Å². The fourth-order valence-corrected chi connectivity index (χ4v) is 3.45. The summed E-state index contributed by atoms with van der Waals surface area (Å²) in [6.45, 7) is 3.96. The van der Waals surface area contributed by atoms with Gasteiger partial charge in [0.25, 0.3) is 11.6 Å². The number of nitro benzene ring substituents is 1. The second-order valence-corrected chi connectivity index (χ2v) is 7.18. The molecule has 26 heavy (non-hydrogen) atoms. The first-order chi connectivity index (χ1) is 12.3. The molecule has 0 atom stereocenters. The number of nitro groups is 1. The van der Waals surface area contributed by atoms with Gasteiger partial charge in [0.15, 0.2) is 5.17 Å². The van der Waals surface area contributed by atoms with E-state index in [0.717, 1.165) is 16.8 Å². The van der Waals surface area contributed by atoms with Crippen LogP contribution in [0, 0.1) is 24.0 Å². The smallest absolute Gasteiger partial charge is 0.288 e. The highest BCUT2D eigenvalue weighted by molar-refractivity contribution is 8.18. The van der Waals surface area contributed by atoms with Crippen molar-refractivity contribution in [1.82, 2.24) is 5.32 Å². The van der Waals surface area contributed by atoms with E-state index in [2.05, 4.69) is 10.3 Å². The number of amidine groups is 1. The third kappa shape index (κ3) is 3.95. The molecule has 0 radical (unpaired) electrons. The van der Waals surface area contributed by atoms with Crippen LogP contribution < -0.4 is 5.32 Å². The second-order valence-electron chi connectivity index (χ2n) is 5.74. The Morgan fingerprint density at radius 3 is 2.69 bits per heavy atom. The number of carbonyl (C=O) groups excluding carboxylic acids is 1. The highest BCUT2D eigenvalue weighted by Crippen LogP contribution is 2.31. The van der Waals surface area contributed by atoms with E-state index >= 15 is 0 Å². The van der Waals surface area contributed by atoms with E-state index < -0.39 is 4.92 Å². The molecule has 1 amide bonds. The second kappa shape index (κ2) is 7.31. The quantitative estimate of drug-likeness (QED) is 0.467. The first kappa shape index (κ1) is 18.2. The van der Waals surface area contributed by atoms with Gasteiger partial charge in [-0.15, -0.1) is 0 Å². The molecule has 2 aromatic carbocycles. The molecule has 0 unspecified atom stereocenters. The van der Waals surface area contributed by atoms with Crippen molar-refractivity contribution in [2.24, 2.45) is 4.99 Å². The van der Waals surface area contributed by atoms with Crippen LogP contribution in [0.15, 0.2) is 46.3 Å². The fraction of sp³-hybridized carbons (Fsp3) is 0.111. The molecule has 0 bridgehead atoms. The van der Waals surface area contributed by atoms with E-state index in [1.165, 1.54) is 23.9 Å². The summed E-state index contributed by atoms with van der Waals surface area (Å²) in [7, 11) is 0. The number of aryl methyl sites for hydroxylation is 2. The summed E-state index contributed by atoms with van der Waals surface area (Å²) in [6.07, 6.45) is 1.58. The van der Waals surface area contributed by atoms with Crippen LogP contribution in [0.4, 0.5) is 11.4 Å². The molecular formula is C18H14ClN3O3S. The molecule has 0 spiro atoms. The van der Waals surface area contributed by atoms with Crippen LogP contribution in [0.25, 0.3) is 6.08 Å². The molecule has 8 heteroatoms. The summed E-state index contributed by atoms with van der Waals surface area (Å²) in [5.41, 5.74) is 3.25. The Labute approximate surface area is 159 Å². The number of aliphatic imine (C=N–C) groups is 1. The summed E-state index contributed by atoms with van der Waals surface area (Å²) < 4.78 is 0. The van der Waals surface area contributed by atoms with Gasteiger partial charge in [-0.2, -0.15) is 0 Å². The van der Waals surface area contributed by atoms with Crippen LogP contribution >= 0.6 is 23.4 Å². The maximum atomic E-state index is 12.2. The van der Waals surface area contributed by atoms with Gasteiger partial charge in [-0.3, -0.25) is 14.9 Å². The minimum absolute atomic E-state index is 0.0535. The average molecular weight is 388 g/mol. The molecule has 0 aromatic heterocycles. The number of carbonyl (C=O) groups is 1. The lowest BCUT2D eigenvalue weighted by Crippen LogP contribution is -2.19. The number of benzene rings is 2. The molecular weight excluding hydrogens is 374 g/mol. The molecule has 1 aliphatic heterocycles. The van der Waals surface area contributed by atoms with Crippen molar-refractivity contribution in [1.29, 1.82) is 0 Å². The van der Waals surface area contributed by atoms with Crippen molar-refractivity contribution in [2.45, 2.75) is 13.8 Å². The van der Waals surface area contributed by atoms with E-state index in [9.17, 15) is 14.9 Å². The normalized spacial score (nSPS) is 17.0. The fourth-order valence-electron chi connectivity index (χ4n) is 2.43. The van der Waals surface area contributed by atoms with Gasteiger partial charge in [0.1, 0.15) is 5.02 Å². The lowest BCUT2D eigenvalue weighted by Gasteiger charge is -2.02. The molecule has 132 valence electrons. The van der Waals surface area contributed by atoms with Gasteiger partial charge in [-0.05, 0) is 54.9 Å². The molecule has 6 nitrogen and oxygen atoms in total. The molecule has 1 aliphatic rings. The number of nitrogens with one attached hydrogen (secondary N) is 1. The third-order valence-electron chi connectivity index (χ3n) is 3.69. The van der Waals surface area contributed by atoms with Gasteiger partial charge in [-0.25, -0.2) is 4.99 Å². The topological polar surface area (TPSA) is 84.6 Å². The number of nitrogens with zero attached hydrogens (tertiary/aromatic N) is 2. The number of hydrogen-bond donors (Lipinski definition) is 1. The summed E-state index contributed by atoms with van der Waals surface area (Å²) in [4.78, 5) is 27.5. The van der Waals surface area contributed by atoms with E-state index in [1.54, 1.807) is 12.1 Å². The Balaban J connectivity index is 1.88. The van der Waals surface area contributed by atoms with Crippen LogP contribution in [-0.2, 0) is 4.79 Å². The van der Waals surface area contributed by atoms with Crippen LogP contribution in [0.2, 0.25) is 5.02 Å². The zero-order valence-corrected chi connectivity index (χ0v) is 15.5. The van der Waals surface area contributed by atoms with Crippen molar-refractivity contribution in [3.63, 3.8) is 0 Å². The van der Waals surface area contributed by atoms with Crippen molar-refractivity contribution in [2.75, 3.05) is 0 Å². The van der Waals surface area contributed by atoms with Crippen LogP contribution in [0.5, 0.6) is 0 Å². The van der Waals surface area contributed by atoms with Gasteiger partial charge in [0.2, 0.25) is 0 Å². The van der Waals surface area contributed by atoms with E-state index in [1.807, 2.05) is 32.0 Å². The SMILES string of the molecule is Cc1ccc(N=C2NC(=O)/C(=C\c3ccc(Cl)c([N+](=O)[O-])c3)S2)c(C)c1. The van der Waals surface area contributed by atoms with Crippen LogP contribution in [0.3, 0.4) is 0 Å². The van der Waals surface area contributed by atoms with Crippen LogP contribution in [-0.4, -0.2) is 16.0 Å². The van der Waals surface area contributed by atoms with Gasteiger partial charge in [-0.1, -0.05) is 35.4 Å². The summed E-state index contributed by atoms with van der Waals surface area (Å²) in [5, 5.41) is 14.2. The molecule has 3 rings (SSSR count). The van der Waals surface area contributed by atoms with E-state index in [-0.39, 0.29) is 16.6 Å². The molecule has 0 saturated carbocycles. The number of thioether (sulfide) groups is 1. The third-order valence-corrected chi connectivity index (χ3v) is 4.92. The Hall–Kier alpha value is -2.64. The van der Waals surface area contributed by atoms with Gasteiger partial charge in [0, 0.05) is 6.07 Å². The predicted molar refractivity (Wildman–Crippen MR) is 105 cm³/mol. The van der Waals surface area contributed by atoms with Crippen molar-refractivity contribution < 1.29 is 9.72 Å². The predicted octanol–water partition coefficient (Wildman–Crippen LogP) is 4.76. The summed E-state index contributed by atoms with van der Waals surface area (Å²) in [5.74, 6) is -0.295. The van der Waals surface area contributed by atoms with Crippen LogP contribution in [0.1, 0.15) is 16.7 Å². The Bertz CT molecular complexity index is 986. The maximum Gasteiger partial charge on any atom is 0.288 e. The molecule has 1 N–H and O–H groups in total. The highest BCUT2D eigenvalue weighted by atomic mass is 35.5. The lowest BCUT2D eigenvalue weighted by atomic mass is 10.1. The molecule has 2 aromatic rings. The lowest BCUT2D eigenvalue weighted by molar-refractivity contribution is -0.384. The van der Waals surface area contributed by atoms with E-state index in [4.69, 9.17) is 11.6 Å². The summed E-state index contributed by atoms with van der Waals surface area (Å²) >= 11 is 7.00. The van der Waals surface area contributed by atoms with E-state index in [0.29, 0.717) is 15.6 Å². The first-order valence-electron chi connectivity index (χ1n) is 7.64. The van der Waals surface area contributed by atoms with Gasteiger partial charge in [0.05, 0.1) is 15.5 Å². The Morgan fingerprint density at radius 1 is 1.23 bits per heavy atom. The van der Waals surface area contributed by atoms with Crippen molar-refractivity contribution in [3.05, 3.63) is 73.1 Å². The standard InChI is InChI=1S/C18H14ClN3O3S/c1-10-3-6-14(11(2)7-10)20-18-21-17(23)16(26-18)9-12-4-5-13(19)15(8-12)22(24)25/h3-9H,1-2H3,(H,20,21,23)/b16-9+. The molecule has 1 fully saturated rings. The largest absolute Gasteiger partial charge is 0.300 e. The summed E-state index contributed by atoms with van der Waals surface area (Å²) in [6, 6.07) is 10.3. The minimum atomic E-state index is -0.556. The number of rotatable bonds is 3. The zero-order valence-electron chi connectivity index (χ0n) is 13.9. The number of halogens is 1. The molecule has 1 heterocycles. The average Bonchev–Trinajstić information content (AvgIpc) is 2.91. The monoisotopic (exact) mass is 387 g/mol. The first-order valence-corrected chi connectivity index (χ1v) is 8.84. The Morgan fingerprint density at radius 2 is 2.00 bits per heavy atom. The molecule has 0 aliphatic carbocycles. The van der Waals surface area contributed by atoms with Crippen molar-refractivity contribution in [3.8, 4) is 0 Å². The molecule has 1 saturated heterocycles. The van der Waals surface area contributed by atoms with Crippen molar-refractivity contribution >= 4 is 51.9 Å². The zero-order chi connectivity index (χ0) is 18.8. The number of amides is 1. The highest BCUT2D eigenvalue weighted by Gasteiger charge is 2.24. The van der Waals surface area contributed by atoms with Gasteiger partial charge < -0.3 is 5.32 Å². The minimum Gasteiger partial charge on any atom is -0.300 e. The Kier molecular flexibility index (Phi) is 5.11.